The maximum absolute atomic E-state index is 13.9. The summed E-state index contributed by atoms with van der Waals surface area (Å²) in [4.78, 5) is 12.7. The van der Waals surface area contributed by atoms with Gasteiger partial charge in [-0.3, -0.25) is 4.79 Å². The zero-order valence-corrected chi connectivity index (χ0v) is 14.0. The van der Waals surface area contributed by atoms with Crippen LogP contribution in [0.1, 0.15) is 38.7 Å². The summed E-state index contributed by atoms with van der Waals surface area (Å²) in [6.45, 7) is 2.44. The van der Waals surface area contributed by atoms with Crippen molar-refractivity contribution in [1.29, 1.82) is 0 Å². The van der Waals surface area contributed by atoms with Gasteiger partial charge >= 0.3 is 0 Å². The summed E-state index contributed by atoms with van der Waals surface area (Å²) < 4.78 is 19.7. The van der Waals surface area contributed by atoms with Gasteiger partial charge in [0, 0.05) is 18.7 Å². The maximum Gasteiger partial charge on any atom is 0.251 e. The van der Waals surface area contributed by atoms with Gasteiger partial charge in [0.05, 0.1) is 6.61 Å². The third kappa shape index (κ3) is 3.30. The largest absolute Gasteiger partial charge is 0.371 e. The summed E-state index contributed by atoms with van der Waals surface area (Å²) in [7, 11) is 0. The van der Waals surface area contributed by atoms with Crippen molar-refractivity contribution < 1.29 is 13.9 Å². The van der Waals surface area contributed by atoms with Crippen LogP contribution in [0.3, 0.4) is 0 Å². The van der Waals surface area contributed by atoms with E-state index in [0.29, 0.717) is 25.3 Å². The number of carbonyl (C=O) groups is 1. The Morgan fingerprint density at radius 3 is 3.04 bits per heavy atom. The summed E-state index contributed by atoms with van der Waals surface area (Å²) >= 11 is 0. The van der Waals surface area contributed by atoms with Crippen LogP contribution >= 0.6 is 0 Å². The zero-order chi connectivity index (χ0) is 17.2. The number of hydrogen-bond donors (Lipinski definition) is 2. The van der Waals surface area contributed by atoms with Crippen molar-refractivity contribution in [3.63, 3.8) is 0 Å². The Morgan fingerprint density at radius 1 is 1.24 bits per heavy atom. The maximum atomic E-state index is 13.9. The molecule has 5 heteroatoms. The van der Waals surface area contributed by atoms with Gasteiger partial charge in [-0.1, -0.05) is 24.3 Å². The topological polar surface area (TPSA) is 50.4 Å². The molecule has 0 aromatic heterocycles. The predicted molar refractivity (Wildman–Crippen MR) is 93.0 cm³/mol. The van der Waals surface area contributed by atoms with Crippen molar-refractivity contribution in [1.82, 2.24) is 10.6 Å². The molecular weight excluding hydrogens is 319 g/mol. The third-order valence-electron chi connectivity index (χ3n) is 4.97. The van der Waals surface area contributed by atoms with Crippen LogP contribution in [-0.4, -0.2) is 25.6 Å². The summed E-state index contributed by atoms with van der Waals surface area (Å²) in [5.74, 6) is -0.601. The highest BCUT2D eigenvalue weighted by Crippen LogP contribution is 2.26. The Morgan fingerprint density at radius 2 is 2.12 bits per heavy atom. The third-order valence-corrected chi connectivity index (χ3v) is 4.97. The first kappa shape index (κ1) is 16.2. The van der Waals surface area contributed by atoms with Crippen LogP contribution in [0.15, 0.2) is 36.4 Å². The Kier molecular flexibility index (Phi) is 4.51. The minimum atomic E-state index is -0.356. The minimum absolute atomic E-state index is 0.156. The van der Waals surface area contributed by atoms with E-state index in [9.17, 15) is 9.18 Å². The Hall–Kier alpha value is -2.24. The smallest absolute Gasteiger partial charge is 0.251 e. The predicted octanol–water partition coefficient (Wildman–Crippen LogP) is 2.52. The van der Waals surface area contributed by atoms with Gasteiger partial charge < -0.3 is 15.4 Å². The van der Waals surface area contributed by atoms with Crippen LogP contribution in [0.25, 0.3) is 0 Å². The number of halogens is 1. The van der Waals surface area contributed by atoms with Crippen LogP contribution in [0.2, 0.25) is 0 Å². The van der Waals surface area contributed by atoms with E-state index in [0.717, 1.165) is 36.1 Å². The lowest BCUT2D eigenvalue weighted by Crippen LogP contribution is -2.34. The molecule has 0 saturated heterocycles. The summed E-state index contributed by atoms with van der Waals surface area (Å²) in [6, 6.07) is 11.0. The number of amides is 1. The lowest BCUT2D eigenvalue weighted by atomic mass is 9.94. The van der Waals surface area contributed by atoms with Crippen molar-refractivity contribution >= 4 is 5.91 Å². The fraction of sp³-hybridized carbons (Fsp3) is 0.350. The molecule has 0 fully saturated rings. The van der Waals surface area contributed by atoms with E-state index < -0.39 is 0 Å². The van der Waals surface area contributed by atoms with E-state index >= 15 is 0 Å². The second-order valence-electron chi connectivity index (χ2n) is 6.54. The van der Waals surface area contributed by atoms with Gasteiger partial charge in [0.25, 0.3) is 5.91 Å². The molecule has 2 heterocycles. The molecule has 0 spiro atoms. The lowest BCUT2D eigenvalue weighted by Gasteiger charge is -2.26. The van der Waals surface area contributed by atoms with Crippen molar-refractivity contribution in [2.24, 2.45) is 0 Å². The highest BCUT2D eigenvalue weighted by molar-refractivity contribution is 5.96. The van der Waals surface area contributed by atoms with Gasteiger partial charge in [-0.15, -0.1) is 0 Å². The number of rotatable bonds is 3. The highest BCUT2D eigenvalue weighted by Gasteiger charge is 2.23. The van der Waals surface area contributed by atoms with E-state index in [1.807, 2.05) is 18.2 Å². The lowest BCUT2D eigenvalue weighted by molar-refractivity contribution is 0.0411. The van der Waals surface area contributed by atoms with Crippen molar-refractivity contribution in [3.05, 3.63) is 70.0 Å². The summed E-state index contributed by atoms with van der Waals surface area (Å²) in [5.41, 5.74) is 4.63. The average Bonchev–Trinajstić information content (AvgIpc) is 2.65. The molecule has 0 aliphatic carbocycles. The summed E-state index contributed by atoms with van der Waals surface area (Å²) in [5, 5.41) is 6.18. The van der Waals surface area contributed by atoms with Gasteiger partial charge in [-0.2, -0.15) is 0 Å². The Labute approximate surface area is 146 Å². The molecule has 2 aromatic rings. The fourth-order valence-corrected chi connectivity index (χ4v) is 3.69. The molecule has 130 valence electrons. The SMILES string of the molecule is O=C(NCC1OCCc2ccccc21)c1cc(F)cc2c1CNCC2. The molecule has 4 nitrogen and oxygen atoms in total. The molecule has 0 saturated carbocycles. The first-order valence-electron chi connectivity index (χ1n) is 8.72. The monoisotopic (exact) mass is 340 g/mol. The highest BCUT2D eigenvalue weighted by atomic mass is 19.1. The molecule has 4 rings (SSSR count). The average molecular weight is 340 g/mol. The van der Waals surface area contributed by atoms with Crippen LogP contribution in [-0.2, 0) is 24.1 Å². The zero-order valence-electron chi connectivity index (χ0n) is 14.0. The molecule has 25 heavy (non-hydrogen) atoms. The van der Waals surface area contributed by atoms with Gasteiger partial charge in [0.1, 0.15) is 11.9 Å². The van der Waals surface area contributed by atoms with Crippen molar-refractivity contribution in [2.45, 2.75) is 25.5 Å². The van der Waals surface area contributed by atoms with Crippen molar-refractivity contribution in [3.8, 4) is 0 Å². The van der Waals surface area contributed by atoms with Crippen LogP contribution in [0.5, 0.6) is 0 Å². The van der Waals surface area contributed by atoms with Crippen LogP contribution in [0.4, 0.5) is 4.39 Å². The number of hydrogen-bond acceptors (Lipinski definition) is 3. The first-order valence-corrected chi connectivity index (χ1v) is 8.72. The molecule has 2 aromatic carbocycles. The van der Waals surface area contributed by atoms with Gasteiger partial charge in [0.2, 0.25) is 0 Å². The molecule has 2 aliphatic heterocycles. The second-order valence-corrected chi connectivity index (χ2v) is 6.54. The normalized spacial score (nSPS) is 19.0. The molecule has 0 bridgehead atoms. The van der Waals surface area contributed by atoms with E-state index in [2.05, 4.69) is 16.7 Å². The van der Waals surface area contributed by atoms with E-state index in [1.54, 1.807) is 0 Å². The number of carbonyl (C=O) groups excluding carboxylic acids is 1. The van der Waals surface area contributed by atoms with Crippen LogP contribution < -0.4 is 10.6 Å². The molecule has 2 aliphatic rings. The molecule has 2 N–H and O–H groups in total. The quantitative estimate of drug-likeness (QED) is 0.903. The minimum Gasteiger partial charge on any atom is -0.371 e. The molecule has 0 radical (unpaired) electrons. The Bertz CT molecular complexity index is 806. The number of ether oxygens (including phenoxy) is 1. The Balaban J connectivity index is 1.51. The molecule has 1 amide bonds. The van der Waals surface area contributed by atoms with E-state index in [4.69, 9.17) is 4.74 Å². The van der Waals surface area contributed by atoms with Gasteiger partial charge in [-0.05, 0) is 53.8 Å². The fourth-order valence-electron chi connectivity index (χ4n) is 3.69. The number of nitrogens with one attached hydrogen (secondary N) is 2. The number of benzene rings is 2. The second kappa shape index (κ2) is 6.94. The van der Waals surface area contributed by atoms with Gasteiger partial charge in [0.15, 0.2) is 0 Å². The first-order chi connectivity index (χ1) is 12.2. The molecular formula is C20H21FN2O2. The van der Waals surface area contributed by atoms with E-state index in [1.165, 1.54) is 17.7 Å². The summed E-state index contributed by atoms with van der Waals surface area (Å²) in [6.07, 6.45) is 1.48. The molecule has 1 atom stereocenters. The van der Waals surface area contributed by atoms with E-state index in [-0.39, 0.29) is 17.8 Å². The van der Waals surface area contributed by atoms with Crippen molar-refractivity contribution in [2.75, 3.05) is 19.7 Å². The number of fused-ring (bicyclic) bond motifs is 2. The van der Waals surface area contributed by atoms with Crippen LogP contribution in [0, 0.1) is 5.82 Å². The van der Waals surface area contributed by atoms with Gasteiger partial charge in [-0.25, -0.2) is 4.39 Å². The standard InChI is InChI=1S/C20H21FN2O2/c21-15-9-14-5-7-22-11-18(14)17(10-15)20(24)23-12-19-16-4-2-1-3-13(16)6-8-25-19/h1-4,9-10,19,22H,5-8,11-12H2,(H,23,24). The molecule has 1 unspecified atom stereocenters.